The molecule has 1 atom stereocenters. The Labute approximate surface area is 90.8 Å². The SMILES string of the molecule is COCCCC(N)c1cc(C)nnc1C. The second kappa shape index (κ2) is 5.78. The molecular formula is C11H19N3O. The molecule has 1 unspecified atom stereocenters. The molecule has 2 N–H and O–H groups in total. The van der Waals surface area contributed by atoms with Crippen molar-refractivity contribution < 1.29 is 4.74 Å². The van der Waals surface area contributed by atoms with Gasteiger partial charge in [-0.05, 0) is 38.3 Å². The summed E-state index contributed by atoms with van der Waals surface area (Å²) in [5.74, 6) is 0. The van der Waals surface area contributed by atoms with Crippen molar-refractivity contribution in [3.8, 4) is 0 Å². The summed E-state index contributed by atoms with van der Waals surface area (Å²) in [6, 6.07) is 2.05. The first-order valence-corrected chi connectivity index (χ1v) is 5.20. The summed E-state index contributed by atoms with van der Waals surface area (Å²) in [7, 11) is 1.70. The van der Waals surface area contributed by atoms with Gasteiger partial charge in [-0.2, -0.15) is 10.2 Å². The predicted molar refractivity (Wildman–Crippen MR) is 59.5 cm³/mol. The smallest absolute Gasteiger partial charge is 0.0648 e. The van der Waals surface area contributed by atoms with Crippen LogP contribution in [0, 0.1) is 13.8 Å². The number of methoxy groups -OCH3 is 1. The maximum absolute atomic E-state index is 6.08. The Morgan fingerprint density at radius 3 is 2.80 bits per heavy atom. The molecule has 0 fully saturated rings. The maximum atomic E-state index is 6.08. The Hall–Kier alpha value is -1.00. The van der Waals surface area contributed by atoms with Crippen molar-refractivity contribution in [3.63, 3.8) is 0 Å². The first-order valence-electron chi connectivity index (χ1n) is 5.20. The van der Waals surface area contributed by atoms with Crippen LogP contribution in [0.3, 0.4) is 0 Å². The minimum absolute atomic E-state index is 0.0364. The van der Waals surface area contributed by atoms with Gasteiger partial charge in [-0.3, -0.25) is 0 Å². The molecule has 84 valence electrons. The molecule has 0 spiro atoms. The average molecular weight is 209 g/mol. The highest BCUT2D eigenvalue weighted by Crippen LogP contribution is 2.18. The number of aryl methyl sites for hydroxylation is 2. The van der Waals surface area contributed by atoms with E-state index in [2.05, 4.69) is 10.2 Å². The lowest BCUT2D eigenvalue weighted by Gasteiger charge is -2.13. The zero-order valence-corrected chi connectivity index (χ0v) is 9.66. The van der Waals surface area contributed by atoms with E-state index in [1.165, 1.54) is 0 Å². The van der Waals surface area contributed by atoms with Gasteiger partial charge in [0.2, 0.25) is 0 Å². The quantitative estimate of drug-likeness (QED) is 0.747. The zero-order valence-electron chi connectivity index (χ0n) is 9.66. The van der Waals surface area contributed by atoms with Crippen LogP contribution in [-0.4, -0.2) is 23.9 Å². The van der Waals surface area contributed by atoms with Gasteiger partial charge < -0.3 is 10.5 Å². The number of ether oxygens (including phenoxy) is 1. The fourth-order valence-corrected chi connectivity index (χ4v) is 1.55. The summed E-state index contributed by atoms with van der Waals surface area (Å²) in [5.41, 5.74) is 9.01. The minimum atomic E-state index is 0.0364. The molecule has 0 aliphatic carbocycles. The molecular weight excluding hydrogens is 190 g/mol. The lowest BCUT2D eigenvalue weighted by Crippen LogP contribution is -2.14. The van der Waals surface area contributed by atoms with Crippen molar-refractivity contribution in [2.75, 3.05) is 13.7 Å². The first kappa shape index (κ1) is 12.1. The van der Waals surface area contributed by atoms with Crippen LogP contribution >= 0.6 is 0 Å². The van der Waals surface area contributed by atoms with Crippen molar-refractivity contribution in [2.24, 2.45) is 5.73 Å². The van der Waals surface area contributed by atoms with Crippen LogP contribution in [0.25, 0.3) is 0 Å². The van der Waals surface area contributed by atoms with Crippen molar-refractivity contribution >= 4 is 0 Å². The standard InChI is InChI=1S/C11H19N3O/c1-8-7-10(9(2)14-13-8)11(12)5-4-6-15-3/h7,11H,4-6,12H2,1-3H3. The largest absolute Gasteiger partial charge is 0.385 e. The van der Waals surface area contributed by atoms with E-state index in [1.807, 2.05) is 19.9 Å². The number of hydrogen-bond donors (Lipinski definition) is 1. The Bertz CT molecular complexity index is 315. The second-order valence-electron chi connectivity index (χ2n) is 3.77. The third-order valence-electron chi connectivity index (χ3n) is 2.40. The summed E-state index contributed by atoms with van der Waals surface area (Å²) in [6.45, 7) is 4.63. The van der Waals surface area contributed by atoms with E-state index < -0.39 is 0 Å². The monoisotopic (exact) mass is 209 g/mol. The lowest BCUT2D eigenvalue weighted by molar-refractivity contribution is 0.190. The Kier molecular flexibility index (Phi) is 4.65. The van der Waals surface area contributed by atoms with Crippen LogP contribution in [0.2, 0.25) is 0 Å². The van der Waals surface area contributed by atoms with Gasteiger partial charge in [-0.1, -0.05) is 0 Å². The van der Waals surface area contributed by atoms with Crippen molar-refractivity contribution in [1.82, 2.24) is 10.2 Å². The molecule has 0 aliphatic heterocycles. The Morgan fingerprint density at radius 2 is 2.13 bits per heavy atom. The zero-order chi connectivity index (χ0) is 11.3. The van der Waals surface area contributed by atoms with Crippen LogP contribution in [0.4, 0.5) is 0 Å². The lowest BCUT2D eigenvalue weighted by atomic mass is 10.0. The van der Waals surface area contributed by atoms with Gasteiger partial charge in [0.15, 0.2) is 0 Å². The minimum Gasteiger partial charge on any atom is -0.385 e. The molecule has 1 aromatic heterocycles. The van der Waals surface area contributed by atoms with Crippen LogP contribution < -0.4 is 5.73 Å². The van der Waals surface area contributed by atoms with E-state index in [4.69, 9.17) is 10.5 Å². The van der Waals surface area contributed by atoms with Crippen molar-refractivity contribution in [1.29, 1.82) is 0 Å². The molecule has 0 amide bonds. The van der Waals surface area contributed by atoms with Gasteiger partial charge in [-0.15, -0.1) is 0 Å². The summed E-state index contributed by atoms with van der Waals surface area (Å²) in [4.78, 5) is 0. The highest BCUT2D eigenvalue weighted by molar-refractivity contribution is 5.23. The predicted octanol–water partition coefficient (Wildman–Crippen LogP) is 1.52. The molecule has 1 heterocycles. The first-order chi connectivity index (χ1) is 7.15. The fraction of sp³-hybridized carbons (Fsp3) is 0.636. The number of nitrogens with two attached hydrogens (primary N) is 1. The summed E-state index contributed by atoms with van der Waals surface area (Å²) in [6.07, 6.45) is 1.89. The van der Waals surface area contributed by atoms with Crippen LogP contribution in [0.5, 0.6) is 0 Å². The summed E-state index contributed by atoms with van der Waals surface area (Å²) >= 11 is 0. The van der Waals surface area contributed by atoms with Crippen molar-refractivity contribution in [3.05, 3.63) is 23.0 Å². The van der Waals surface area contributed by atoms with E-state index in [1.54, 1.807) is 7.11 Å². The van der Waals surface area contributed by atoms with E-state index in [9.17, 15) is 0 Å². The van der Waals surface area contributed by atoms with Gasteiger partial charge in [0.05, 0.1) is 11.4 Å². The number of nitrogens with zero attached hydrogens (tertiary/aromatic N) is 2. The number of aromatic nitrogens is 2. The van der Waals surface area contributed by atoms with E-state index >= 15 is 0 Å². The van der Waals surface area contributed by atoms with Gasteiger partial charge in [0.25, 0.3) is 0 Å². The van der Waals surface area contributed by atoms with E-state index in [-0.39, 0.29) is 6.04 Å². The molecule has 0 aromatic carbocycles. The number of hydrogen-bond acceptors (Lipinski definition) is 4. The van der Waals surface area contributed by atoms with Gasteiger partial charge in [0.1, 0.15) is 0 Å². The van der Waals surface area contributed by atoms with Gasteiger partial charge in [0, 0.05) is 19.8 Å². The van der Waals surface area contributed by atoms with Crippen LogP contribution in [0.15, 0.2) is 6.07 Å². The molecule has 4 heteroatoms. The highest BCUT2D eigenvalue weighted by atomic mass is 16.5. The second-order valence-corrected chi connectivity index (χ2v) is 3.77. The Morgan fingerprint density at radius 1 is 1.40 bits per heavy atom. The average Bonchev–Trinajstić information content (AvgIpc) is 2.22. The number of rotatable bonds is 5. The Balaban J connectivity index is 2.64. The normalized spacial score (nSPS) is 12.8. The molecule has 0 saturated carbocycles. The molecule has 0 bridgehead atoms. The highest BCUT2D eigenvalue weighted by Gasteiger charge is 2.10. The van der Waals surface area contributed by atoms with Crippen LogP contribution in [-0.2, 0) is 4.74 Å². The molecule has 0 saturated heterocycles. The molecule has 0 aliphatic rings. The molecule has 4 nitrogen and oxygen atoms in total. The van der Waals surface area contributed by atoms with Crippen LogP contribution in [0.1, 0.15) is 35.8 Å². The summed E-state index contributed by atoms with van der Waals surface area (Å²) in [5, 5.41) is 8.05. The van der Waals surface area contributed by atoms with Gasteiger partial charge >= 0.3 is 0 Å². The molecule has 1 rings (SSSR count). The fourth-order valence-electron chi connectivity index (χ4n) is 1.55. The molecule has 0 radical (unpaired) electrons. The van der Waals surface area contributed by atoms with E-state index in [0.29, 0.717) is 0 Å². The van der Waals surface area contributed by atoms with Gasteiger partial charge in [-0.25, -0.2) is 0 Å². The molecule has 15 heavy (non-hydrogen) atoms. The molecule has 1 aromatic rings. The van der Waals surface area contributed by atoms with E-state index in [0.717, 1.165) is 36.4 Å². The van der Waals surface area contributed by atoms with Crippen molar-refractivity contribution in [2.45, 2.75) is 32.7 Å². The maximum Gasteiger partial charge on any atom is 0.0648 e. The third-order valence-corrected chi connectivity index (χ3v) is 2.40. The topological polar surface area (TPSA) is 61.0 Å². The third kappa shape index (κ3) is 3.57. The summed E-state index contributed by atoms with van der Waals surface area (Å²) < 4.78 is 5.00.